The van der Waals surface area contributed by atoms with Crippen molar-refractivity contribution in [2.45, 2.75) is 26.3 Å². The summed E-state index contributed by atoms with van der Waals surface area (Å²) in [7, 11) is 3.11. The van der Waals surface area contributed by atoms with Gasteiger partial charge in [0.05, 0.1) is 37.9 Å². The zero-order valence-electron chi connectivity index (χ0n) is 22.1. The summed E-state index contributed by atoms with van der Waals surface area (Å²) < 4.78 is 12.2. The SMILES string of the molecule is COc1ccc(CC(=O)[N+](CC(N)=O)(c2nn(-c3ccccc3)cc2-c2ccccc2)C(C)C)cc1OC. The van der Waals surface area contributed by atoms with Crippen molar-refractivity contribution < 1.29 is 19.1 Å². The summed E-state index contributed by atoms with van der Waals surface area (Å²) in [5, 5.41) is 4.94. The van der Waals surface area contributed by atoms with Crippen LogP contribution in [0.2, 0.25) is 0 Å². The van der Waals surface area contributed by atoms with E-state index in [0.29, 0.717) is 17.3 Å². The zero-order chi connectivity index (χ0) is 27.3. The first kappa shape index (κ1) is 26.6. The number of nitrogens with two attached hydrogens (primary N) is 1. The Kier molecular flexibility index (Phi) is 7.93. The molecular weight excluding hydrogens is 480 g/mol. The van der Waals surface area contributed by atoms with Crippen molar-refractivity contribution in [3.8, 4) is 28.3 Å². The molecule has 196 valence electrons. The van der Waals surface area contributed by atoms with Crippen molar-refractivity contribution in [1.82, 2.24) is 14.3 Å². The van der Waals surface area contributed by atoms with E-state index in [4.69, 9.17) is 20.3 Å². The fraction of sp³-hybridized carbons (Fsp3) is 0.233. The molecule has 38 heavy (non-hydrogen) atoms. The van der Waals surface area contributed by atoms with E-state index >= 15 is 0 Å². The quantitative estimate of drug-likeness (QED) is 0.315. The van der Waals surface area contributed by atoms with E-state index in [2.05, 4.69) is 0 Å². The number of benzene rings is 3. The number of rotatable bonds is 10. The molecule has 8 heteroatoms. The van der Waals surface area contributed by atoms with Gasteiger partial charge in [-0.25, -0.2) is 14.0 Å². The van der Waals surface area contributed by atoms with Crippen LogP contribution >= 0.6 is 0 Å². The topological polar surface area (TPSA) is 96.4 Å². The van der Waals surface area contributed by atoms with Crippen molar-refractivity contribution in [3.05, 3.63) is 90.6 Å². The number of hydrogen-bond donors (Lipinski definition) is 1. The van der Waals surface area contributed by atoms with Gasteiger partial charge in [-0.05, 0) is 49.2 Å². The summed E-state index contributed by atoms with van der Waals surface area (Å²) in [5.41, 5.74) is 9.00. The monoisotopic (exact) mass is 513 g/mol. The number of carbonyl (C=O) groups is 2. The number of quaternary nitrogens is 1. The van der Waals surface area contributed by atoms with Gasteiger partial charge in [0.15, 0.2) is 18.0 Å². The predicted molar refractivity (Wildman–Crippen MR) is 148 cm³/mol. The summed E-state index contributed by atoms with van der Waals surface area (Å²) in [4.78, 5) is 26.9. The van der Waals surface area contributed by atoms with Crippen LogP contribution in [0.25, 0.3) is 16.8 Å². The molecule has 8 nitrogen and oxygen atoms in total. The second-order valence-electron chi connectivity index (χ2n) is 9.36. The first-order chi connectivity index (χ1) is 18.3. The summed E-state index contributed by atoms with van der Waals surface area (Å²) in [6.07, 6.45) is 1.94. The highest BCUT2D eigenvalue weighted by atomic mass is 16.5. The van der Waals surface area contributed by atoms with Crippen LogP contribution in [0.5, 0.6) is 11.5 Å². The molecule has 0 bridgehead atoms. The molecule has 0 saturated heterocycles. The average molecular weight is 514 g/mol. The minimum absolute atomic E-state index is 0.0399. The molecule has 0 fully saturated rings. The number of carbonyl (C=O) groups excluding carboxylic acids is 2. The Morgan fingerprint density at radius 1 is 0.921 bits per heavy atom. The van der Waals surface area contributed by atoms with Crippen LogP contribution in [0.1, 0.15) is 19.4 Å². The Morgan fingerprint density at radius 3 is 2.13 bits per heavy atom. The summed E-state index contributed by atoms with van der Waals surface area (Å²) in [6, 6.07) is 24.4. The zero-order valence-corrected chi connectivity index (χ0v) is 22.1. The van der Waals surface area contributed by atoms with Gasteiger partial charge in [-0.15, -0.1) is 5.10 Å². The fourth-order valence-electron chi connectivity index (χ4n) is 4.74. The number of nitrogens with zero attached hydrogens (tertiary/aromatic N) is 3. The lowest BCUT2D eigenvalue weighted by Gasteiger charge is -2.37. The molecule has 1 unspecified atom stereocenters. The summed E-state index contributed by atoms with van der Waals surface area (Å²) in [5.74, 6) is 0.764. The van der Waals surface area contributed by atoms with Crippen LogP contribution in [0.15, 0.2) is 85.1 Å². The van der Waals surface area contributed by atoms with Crippen molar-refractivity contribution in [2.24, 2.45) is 5.73 Å². The second-order valence-corrected chi connectivity index (χ2v) is 9.36. The second kappa shape index (κ2) is 11.3. The van der Waals surface area contributed by atoms with Crippen LogP contribution in [-0.2, 0) is 16.0 Å². The minimum atomic E-state index is -0.590. The molecule has 0 aliphatic rings. The van der Waals surface area contributed by atoms with Crippen molar-refractivity contribution in [1.29, 1.82) is 0 Å². The number of para-hydroxylation sites is 1. The lowest BCUT2D eigenvalue weighted by Crippen LogP contribution is -2.63. The Hall–Kier alpha value is -4.43. The van der Waals surface area contributed by atoms with Gasteiger partial charge in [-0.3, -0.25) is 4.79 Å². The maximum Gasteiger partial charge on any atom is 0.325 e. The maximum atomic E-state index is 14.3. The third-order valence-electron chi connectivity index (χ3n) is 6.71. The highest BCUT2D eigenvalue weighted by Gasteiger charge is 2.47. The maximum absolute atomic E-state index is 14.3. The highest BCUT2D eigenvalue weighted by Crippen LogP contribution is 2.38. The molecule has 0 aliphatic carbocycles. The van der Waals surface area contributed by atoms with Crippen LogP contribution < -0.4 is 19.7 Å². The number of amides is 2. The normalized spacial score (nSPS) is 12.7. The van der Waals surface area contributed by atoms with Gasteiger partial charge in [-0.1, -0.05) is 54.6 Å². The number of hydrogen-bond acceptors (Lipinski definition) is 5. The van der Waals surface area contributed by atoms with Crippen LogP contribution in [0.3, 0.4) is 0 Å². The highest BCUT2D eigenvalue weighted by molar-refractivity contribution is 5.97. The largest absolute Gasteiger partial charge is 0.493 e. The summed E-state index contributed by atoms with van der Waals surface area (Å²) in [6.45, 7) is 3.59. The number of aromatic nitrogens is 2. The van der Waals surface area contributed by atoms with Gasteiger partial charge in [0.1, 0.15) is 0 Å². The van der Waals surface area contributed by atoms with E-state index in [-0.39, 0.29) is 29.4 Å². The first-order valence-electron chi connectivity index (χ1n) is 12.4. The Labute approximate surface area is 222 Å². The molecule has 3 aromatic carbocycles. The van der Waals surface area contributed by atoms with Gasteiger partial charge in [-0.2, -0.15) is 0 Å². The van der Waals surface area contributed by atoms with E-state index in [1.165, 1.54) is 0 Å². The summed E-state index contributed by atoms with van der Waals surface area (Å²) >= 11 is 0. The molecule has 1 aromatic heterocycles. The molecular formula is C30H33N4O4+. The molecule has 2 N–H and O–H groups in total. The van der Waals surface area contributed by atoms with Gasteiger partial charge in [0, 0.05) is 6.20 Å². The molecule has 4 aromatic rings. The fourth-order valence-corrected chi connectivity index (χ4v) is 4.74. The van der Waals surface area contributed by atoms with E-state index in [0.717, 1.165) is 22.4 Å². The van der Waals surface area contributed by atoms with Gasteiger partial charge < -0.3 is 15.2 Å². The molecule has 1 heterocycles. The van der Waals surface area contributed by atoms with E-state index < -0.39 is 5.91 Å². The molecule has 1 atom stereocenters. The Morgan fingerprint density at radius 2 is 1.55 bits per heavy atom. The molecule has 0 aliphatic heterocycles. The number of primary amides is 1. The van der Waals surface area contributed by atoms with Crippen LogP contribution in [-0.4, -0.2) is 48.4 Å². The predicted octanol–water partition coefficient (Wildman–Crippen LogP) is 4.53. The standard InChI is InChI=1S/C30H32N4O4/c1-21(2)34(20-28(31)35,29(36)18-22-15-16-26(37-3)27(17-22)38-4)30-25(23-11-7-5-8-12-23)19-33(32-30)24-13-9-6-10-14-24/h5-17,19,21H,18,20H2,1-4H3,(H-,31,35)/p+1. The smallest absolute Gasteiger partial charge is 0.325 e. The number of methoxy groups -OCH3 is 2. The van der Waals surface area contributed by atoms with Gasteiger partial charge in [0.25, 0.3) is 11.7 Å². The van der Waals surface area contributed by atoms with Gasteiger partial charge >= 0.3 is 5.91 Å². The van der Waals surface area contributed by atoms with Crippen LogP contribution in [0.4, 0.5) is 5.82 Å². The van der Waals surface area contributed by atoms with Gasteiger partial charge in [0.2, 0.25) is 0 Å². The van der Waals surface area contributed by atoms with E-state index in [1.54, 1.807) is 31.0 Å². The van der Waals surface area contributed by atoms with Crippen molar-refractivity contribution >= 4 is 17.6 Å². The lowest BCUT2D eigenvalue weighted by molar-refractivity contribution is -0.135. The Balaban J connectivity index is 1.91. The molecule has 4 rings (SSSR count). The molecule has 2 amide bonds. The third-order valence-corrected chi connectivity index (χ3v) is 6.71. The lowest BCUT2D eigenvalue weighted by atomic mass is 10.0. The molecule has 0 radical (unpaired) electrons. The number of ether oxygens (including phenoxy) is 2. The average Bonchev–Trinajstić information content (AvgIpc) is 3.38. The molecule has 0 saturated carbocycles. The van der Waals surface area contributed by atoms with E-state index in [9.17, 15) is 9.59 Å². The molecule has 0 spiro atoms. The third kappa shape index (κ3) is 5.17. The van der Waals surface area contributed by atoms with Crippen molar-refractivity contribution in [2.75, 3.05) is 20.8 Å². The minimum Gasteiger partial charge on any atom is -0.493 e. The van der Waals surface area contributed by atoms with E-state index in [1.807, 2.05) is 86.8 Å². The van der Waals surface area contributed by atoms with Crippen molar-refractivity contribution in [3.63, 3.8) is 0 Å². The van der Waals surface area contributed by atoms with Crippen LogP contribution in [0, 0.1) is 0 Å². The Bertz CT molecular complexity index is 1420. The first-order valence-corrected chi connectivity index (χ1v) is 12.4.